The quantitative estimate of drug-likeness (QED) is 0.881. The van der Waals surface area contributed by atoms with Crippen LogP contribution in [0, 0.1) is 11.3 Å². The molecule has 2 N–H and O–H groups in total. The highest BCUT2D eigenvalue weighted by Gasteiger charge is 2.43. The molecule has 1 aliphatic carbocycles. The summed E-state index contributed by atoms with van der Waals surface area (Å²) in [5.41, 5.74) is 6.72. The summed E-state index contributed by atoms with van der Waals surface area (Å²) in [5, 5.41) is 4.20. The van der Waals surface area contributed by atoms with Crippen LogP contribution in [-0.2, 0) is 18.4 Å². The lowest BCUT2D eigenvalue weighted by Crippen LogP contribution is -2.47. The molecule has 2 heterocycles. The molecule has 1 aromatic rings. The first kappa shape index (κ1) is 13.6. The number of carbonyl (C=O) groups excluding carboxylic acids is 1. The van der Waals surface area contributed by atoms with Crippen LogP contribution in [0.2, 0.25) is 0 Å². The average molecular weight is 276 g/mol. The fraction of sp³-hybridized carbons (Fsp3) is 0.733. The number of nitrogens with zero attached hydrogens (tertiary/aromatic N) is 3. The summed E-state index contributed by atoms with van der Waals surface area (Å²) in [6.45, 7) is 2.85. The van der Waals surface area contributed by atoms with E-state index in [4.69, 9.17) is 5.73 Å². The highest BCUT2D eigenvalue weighted by Crippen LogP contribution is 2.45. The Labute approximate surface area is 120 Å². The Bertz CT molecular complexity index is 484. The minimum atomic E-state index is -0.230. The van der Waals surface area contributed by atoms with Gasteiger partial charge in [-0.25, -0.2) is 0 Å². The van der Waals surface area contributed by atoms with Crippen molar-refractivity contribution in [3.05, 3.63) is 18.0 Å². The molecule has 0 unspecified atom stereocenters. The lowest BCUT2D eigenvalue weighted by molar-refractivity contribution is -0.131. The largest absolute Gasteiger partial charge is 0.369 e. The van der Waals surface area contributed by atoms with Crippen LogP contribution in [0.25, 0.3) is 0 Å². The van der Waals surface area contributed by atoms with Crippen molar-refractivity contribution in [3.8, 4) is 0 Å². The smallest absolute Gasteiger partial charge is 0.223 e. The molecule has 1 saturated carbocycles. The van der Waals surface area contributed by atoms with E-state index in [9.17, 15) is 4.79 Å². The van der Waals surface area contributed by atoms with Crippen molar-refractivity contribution in [2.75, 3.05) is 13.1 Å². The van der Waals surface area contributed by atoms with Crippen LogP contribution in [-0.4, -0.2) is 33.7 Å². The lowest BCUT2D eigenvalue weighted by Gasteiger charge is -2.39. The average Bonchev–Trinajstić information content (AvgIpc) is 3.13. The van der Waals surface area contributed by atoms with Crippen molar-refractivity contribution in [3.63, 3.8) is 0 Å². The maximum atomic E-state index is 11.9. The van der Waals surface area contributed by atoms with Crippen molar-refractivity contribution in [2.24, 2.45) is 24.1 Å². The van der Waals surface area contributed by atoms with E-state index in [1.54, 1.807) is 0 Å². The van der Waals surface area contributed by atoms with Crippen LogP contribution in [0.3, 0.4) is 0 Å². The van der Waals surface area contributed by atoms with Gasteiger partial charge in [0.15, 0.2) is 0 Å². The van der Waals surface area contributed by atoms with E-state index in [-0.39, 0.29) is 11.3 Å². The summed E-state index contributed by atoms with van der Waals surface area (Å²) in [6, 6.07) is 0. The summed E-state index contributed by atoms with van der Waals surface area (Å²) in [4.78, 5) is 14.3. The van der Waals surface area contributed by atoms with E-state index in [0.29, 0.717) is 0 Å². The summed E-state index contributed by atoms with van der Waals surface area (Å²) >= 11 is 0. The summed E-state index contributed by atoms with van der Waals surface area (Å²) in [7, 11) is 1.94. The first-order valence-corrected chi connectivity index (χ1v) is 7.57. The van der Waals surface area contributed by atoms with Crippen LogP contribution in [0.5, 0.6) is 0 Å². The molecule has 1 amide bonds. The number of amides is 1. The number of aromatic nitrogens is 2. The SMILES string of the molecule is Cn1cc(CN2CCC(CC3CC3)(C(N)=O)CC2)cn1. The second-order valence-electron chi connectivity index (χ2n) is 6.59. The van der Waals surface area contributed by atoms with Crippen LogP contribution in [0.1, 0.15) is 37.7 Å². The molecule has 2 fully saturated rings. The Morgan fingerprint density at radius 1 is 1.45 bits per heavy atom. The number of carbonyl (C=O) groups is 1. The number of rotatable bonds is 5. The number of likely N-dealkylation sites (tertiary alicyclic amines) is 1. The number of aryl methyl sites for hydroxylation is 1. The van der Waals surface area contributed by atoms with Gasteiger partial charge in [0.2, 0.25) is 5.91 Å². The summed E-state index contributed by atoms with van der Waals surface area (Å²) in [6.07, 6.45) is 9.39. The maximum absolute atomic E-state index is 11.9. The van der Waals surface area contributed by atoms with Gasteiger partial charge < -0.3 is 5.73 Å². The zero-order valence-electron chi connectivity index (χ0n) is 12.2. The van der Waals surface area contributed by atoms with Gasteiger partial charge >= 0.3 is 0 Å². The molecule has 5 nitrogen and oxygen atoms in total. The molecule has 0 bridgehead atoms. The van der Waals surface area contributed by atoms with Crippen LogP contribution < -0.4 is 5.73 Å². The summed E-state index contributed by atoms with van der Waals surface area (Å²) < 4.78 is 1.83. The molecule has 1 aromatic heterocycles. The maximum Gasteiger partial charge on any atom is 0.223 e. The zero-order valence-corrected chi connectivity index (χ0v) is 12.2. The molecule has 2 aliphatic rings. The van der Waals surface area contributed by atoms with Crippen molar-refractivity contribution < 1.29 is 4.79 Å². The second kappa shape index (κ2) is 5.20. The molecular weight excluding hydrogens is 252 g/mol. The molecule has 0 atom stereocenters. The van der Waals surface area contributed by atoms with Crippen molar-refractivity contribution >= 4 is 5.91 Å². The zero-order chi connectivity index (χ0) is 14.2. The number of piperidine rings is 1. The molecular formula is C15H24N4O. The molecule has 110 valence electrons. The minimum absolute atomic E-state index is 0.0783. The fourth-order valence-corrected chi connectivity index (χ4v) is 3.38. The van der Waals surface area contributed by atoms with Crippen LogP contribution in [0.4, 0.5) is 0 Å². The van der Waals surface area contributed by atoms with Crippen molar-refractivity contribution in [1.29, 1.82) is 0 Å². The Balaban J connectivity index is 1.58. The first-order chi connectivity index (χ1) is 9.57. The second-order valence-corrected chi connectivity index (χ2v) is 6.59. The van der Waals surface area contributed by atoms with Gasteiger partial charge in [-0.15, -0.1) is 0 Å². The Morgan fingerprint density at radius 2 is 2.15 bits per heavy atom. The van der Waals surface area contributed by atoms with Gasteiger partial charge in [0.1, 0.15) is 0 Å². The van der Waals surface area contributed by atoms with E-state index in [1.165, 1.54) is 18.4 Å². The van der Waals surface area contributed by atoms with Gasteiger partial charge in [0.05, 0.1) is 11.6 Å². The van der Waals surface area contributed by atoms with E-state index in [2.05, 4.69) is 16.2 Å². The third-order valence-electron chi connectivity index (χ3n) is 4.88. The van der Waals surface area contributed by atoms with Gasteiger partial charge in [-0.2, -0.15) is 5.10 Å². The fourth-order valence-electron chi connectivity index (χ4n) is 3.38. The van der Waals surface area contributed by atoms with Gasteiger partial charge in [0, 0.05) is 25.4 Å². The number of primary amides is 1. The van der Waals surface area contributed by atoms with Crippen molar-refractivity contribution in [2.45, 2.75) is 38.6 Å². The molecule has 3 rings (SSSR count). The van der Waals surface area contributed by atoms with Crippen LogP contribution >= 0.6 is 0 Å². The number of hydrogen-bond donors (Lipinski definition) is 1. The molecule has 1 saturated heterocycles. The van der Waals surface area contributed by atoms with Gasteiger partial charge in [-0.05, 0) is 38.3 Å². The van der Waals surface area contributed by atoms with E-state index >= 15 is 0 Å². The molecule has 0 radical (unpaired) electrons. The predicted octanol–water partition coefficient (Wildman–Crippen LogP) is 1.29. The first-order valence-electron chi connectivity index (χ1n) is 7.57. The third-order valence-corrected chi connectivity index (χ3v) is 4.88. The van der Waals surface area contributed by atoms with E-state index in [0.717, 1.165) is 44.8 Å². The lowest BCUT2D eigenvalue weighted by atomic mass is 9.73. The van der Waals surface area contributed by atoms with E-state index < -0.39 is 0 Å². The van der Waals surface area contributed by atoms with Gasteiger partial charge in [-0.1, -0.05) is 12.8 Å². The van der Waals surface area contributed by atoms with Crippen LogP contribution in [0.15, 0.2) is 12.4 Å². The van der Waals surface area contributed by atoms with Gasteiger partial charge in [0.25, 0.3) is 0 Å². The Kier molecular flexibility index (Phi) is 3.54. The summed E-state index contributed by atoms with van der Waals surface area (Å²) in [5.74, 6) is 0.679. The highest BCUT2D eigenvalue weighted by molar-refractivity contribution is 5.81. The highest BCUT2D eigenvalue weighted by atomic mass is 16.1. The molecule has 1 aliphatic heterocycles. The molecule has 0 spiro atoms. The monoisotopic (exact) mass is 276 g/mol. The topological polar surface area (TPSA) is 64.2 Å². The van der Waals surface area contributed by atoms with Gasteiger partial charge in [-0.3, -0.25) is 14.4 Å². The predicted molar refractivity (Wildman–Crippen MR) is 76.7 cm³/mol. The Morgan fingerprint density at radius 3 is 2.65 bits per heavy atom. The molecule has 5 heteroatoms. The van der Waals surface area contributed by atoms with Crippen molar-refractivity contribution in [1.82, 2.24) is 14.7 Å². The Hall–Kier alpha value is -1.36. The number of nitrogens with two attached hydrogens (primary N) is 1. The standard InChI is InChI=1S/C15H24N4O/c1-18-10-13(9-17-18)11-19-6-4-15(5-7-19,14(16)20)8-12-2-3-12/h9-10,12H,2-8,11H2,1H3,(H2,16,20). The molecule has 20 heavy (non-hydrogen) atoms. The minimum Gasteiger partial charge on any atom is -0.369 e. The molecule has 0 aromatic carbocycles. The third kappa shape index (κ3) is 2.87. The number of hydrogen-bond acceptors (Lipinski definition) is 3. The van der Waals surface area contributed by atoms with E-state index in [1.807, 2.05) is 17.9 Å². The normalized spacial score (nSPS) is 22.9.